The van der Waals surface area contributed by atoms with Crippen molar-refractivity contribution >= 4 is 38.4 Å². The molecular weight excluding hydrogens is 400 g/mol. The van der Waals surface area contributed by atoms with Gasteiger partial charge in [0.1, 0.15) is 13.1 Å². The molecule has 2 fully saturated rings. The number of hydrogen-bond donors (Lipinski definition) is 3. The standard InChI is InChI=1S/C18H24N4O4S2/c23-17(19-5-6-22-7-9-26-10-8-22)13-1-3-14(4-2-13)20-18-21-15-11-28(24,25)12-16(15)27-18/h1-4,15-16H,5-12H2,(H,19,23)(H,20,21)/p+1. The molecule has 2 unspecified atom stereocenters. The summed E-state index contributed by atoms with van der Waals surface area (Å²) in [5.41, 5.74) is 1.45. The number of hydrogen-bond acceptors (Lipinski definition) is 7. The zero-order chi connectivity index (χ0) is 19.6. The maximum atomic E-state index is 12.3. The predicted molar refractivity (Wildman–Crippen MR) is 110 cm³/mol. The Bertz CT molecular complexity index is 851. The third-order valence-electron chi connectivity index (χ3n) is 5.18. The summed E-state index contributed by atoms with van der Waals surface area (Å²) in [4.78, 5) is 18.2. The minimum Gasteiger partial charge on any atom is -0.370 e. The lowest BCUT2D eigenvalue weighted by molar-refractivity contribution is -0.906. The molecule has 0 aromatic heterocycles. The van der Waals surface area contributed by atoms with Crippen molar-refractivity contribution < 1.29 is 22.8 Å². The number of aliphatic imine (C=N–C) groups is 1. The smallest absolute Gasteiger partial charge is 0.251 e. The SMILES string of the molecule is O=C(NCC[NH+]1CCOCC1)c1ccc(NC2=NC3CS(=O)(=O)CC3S2)cc1. The van der Waals surface area contributed by atoms with Crippen LogP contribution < -0.4 is 15.5 Å². The highest BCUT2D eigenvalue weighted by molar-refractivity contribution is 8.15. The fraction of sp³-hybridized carbons (Fsp3) is 0.556. The van der Waals surface area contributed by atoms with E-state index in [4.69, 9.17) is 4.74 Å². The number of nitrogens with zero attached hydrogens (tertiary/aromatic N) is 1. The average molecular weight is 426 g/mol. The zero-order valence-electron chi connectivity index (χ0n) is 15.5. The summed E-state index contributed by atoms with van der Waals surface area (Å²) < 4.78 is 28.6. The predicted octanol–water partition coefficient (Wildman–Crippen LogP) is -0.988. The van der Waals surface area contributed by atoms with Gasteiger partial charge in [-0.05, 0) is 24.3 Å². The van der Waals surface area contributed by atoms with Crippen molar-refractivity contribution in [2.45, 2.75) is 11.3 Å². The van der Waals surface area contributed by atoms with Gasteiger partial charge < -0.3 is 20.3 Å². The van der Waals surface area contributed by atoms with Crippen LogP contribution in [0.2, 0.25) is 0 Å². The summed E-state index contributed by atoms with van der Waals surface area (Å²) in [5.74, 6) is 0.259. The molecule has 3 aliphatic heterocycles. The molecule has 152 valence electrons. The highest BCUT2D eigenvalue weighted by Gasteiger charge is 2.42. The van der Waals surface area contributed by atoms with Gasteiger partial charge in [0.05, 0.1) is 43.9 Å². The molecule has 10 heteroatoms. The average Bonchev–Trinajstić information content (AvgIpc) is 3.15. The number of ether oxygens (including phenoxy) is 1. The fourth-order valence-corrected chi connectivity index (χ4v) is 7.29. The highest BCUT2D eigenvalue weighted by Crippen LogP contribution is 2.34. The van der Waals surface area contributed by atoms with Gasteiger partial charge in [-0.3, -0.25) is 9.79 Å². The Morgan fingerprint density at radius 2 is 1.96 bits per heavy atom. The van der Waals surface area contributed by atoms with Crippen molar-refractivity contribution in [3.8, 4) is 0 Å². The molecule has 0 spiro atoms. The molecule has 4 rings (SSSR count). The molecule has 3 N–H and O–H groups in total. The number of morpholine rings is 1. The summed E-state index contributed by atoms with van der Waals surface area (Å²) in [6.45, 7) is 5.12. The second-order valence-corrected chi connectivity index (χ2v) is 10.7. The molecule has 0 bridgehead atoms. The third-order valence-corrected chi connectivity index (χ3v) is 8.32. The summed E-state index contributed by atoms with van der Waals surface area (Å²) in [6, 6.07) is 7.11. The number of amides is 1. The van der Waals surface area contributed by atoms with Crippen LogP contribution in [0.3, 0.4) is 0 Å². The molecular formula is C18H25N4O4S2+. The first-order chi connectivity index (χ1) is 13.5. The number of sulfone groups is 1. The van der Waals surface area contributed by atoms with Crippen LogP contribution >= 0.6 is 11.8 Å². The Balaban J connectivity index is 1.25. The van der Waals surface area contributed by atoms with Crippen molar-refractivity contribution in [2.75, 3.05) is 56.2 Å². The number of carbonyl (C=O) groups is 1. The quantitative estimate of drug-likeness (QED) is 0.560. The van der Waals surface area contributed by atoms with Gasteiger partial charge in [0.25, 0.3) is 5.91 Å². The monoisotopic (exact) mass is 425 g/mol. The number of anilines is 1. The maximum Gasteiger partial charge on any atom is 0.251 e. The Morgan fingerprint density at radius 3 is 2.68 bits per heavy atom. The van der Waals surface area contributed by atoms with Crippen LogP contribution in [0.5, 0.6) is 0 Å². The Morgan fingerprint density at radius 1 is 1.21 bits per heavy atom. The first kappa shape index (κ1) is 19.7. The minimum atomic E-state index is -2.94. The summed E-state index contributed by atoms with van der Waals surface area (Å²) in [6.07, 6.45) is 0. The number of amidine groups is 1. The summed E-state index contributed by atoms with van der Waals surface area (Å²) in [7, 11) is -2.94. The van der Waals surface area contributed by atoms with Gasteiger partial charge in [0.15, 0.2) is 15.0 Å². The van der Waals surface area contributed by atoms with Gasteiger partial charge in [0, 0.05) is 16.5 Å². The second-order valence-electron chi connectivity index (χ2n) is 7.31. The van der Waals surface area contributed by atoms with E-state index in [1.165, 1.54) is 16.7 Å². The molecule has 0 saturated carbocycles. The molecule has 1 aromatic rings. The van der Waals surface area contributed by atoms with E-state index in [0.717, 1.165) is 43.7 Å². The molecule has 0 aliphatic carbocycles. The lowest BCUT2D eigenvalue weighted by Gasteiger charge is -2.23. The van der Waals surface area contributed by atoms with Gasteiger partial charge >= 0.3 is 0 Å². The maximum absolute atomic E-state index is 12.3. The van der Waals surface area contributed by atoms with Crippen molar-refractivity contribution in [2.24, 2.45) is 4.99 Å². The van der Waals surface area contributed by atoms with Crippen molar-refractivity contribution in [3.05, 3.63) is 29.8 Å². The Labute approximate surface area is 169 Å². The van der Waals surface area contributed by atoms with Crippen LogP contribution in [0.15, 0.2) is 29.3 Å². The number of benzene rings is 1. The molecule has 2 atom stereocenters. The van der Waals surface area contributed by atoms with Gasteiger partial charge in [-0.2, -0.15) is 0 Å². The second kappa shape index (κ2) is 8.40. The van der Waals surface area contributed by atoms with Crippen LogP contribution in [-0.4, -0.2) is 81.7 Å². The van der Waals surface area contributed by atoms with Crippen LogP contribution in [0.25, 0.3) is 0 Å². The molecule has 1 aromatic carbocycles. The van der Waals surface area contributed by atoms with Crippen molar-refractivity contribution in [3.63, 3.8) is 0 Å². The highest BCUT2D eigenvalue weighted by atomic mass is 32.2. The lowest BCUT2D eigenvalue weighted by atomic mass is 10.2. The van der Waals surface area contributed by atoms with Crippen molar-refractivity contribution in [1.29, 1.82) is 0 Å². The van der Waals surface area contributed by atoms with E-state index >= 15 is 0 Å². The molecule has 3 aliphatic rings. The number of fused-ring (bicyclic) bond motifs is 1. The van der Waals surface area contributed by atoms with Gasteiger partial charge in [0.2, 0.25) is 0 Å². The topological polar surface area (TPSA) is 101 Å². The number of quaternary nitrogens is 1. The number of rotatable bonds is 5. The van der Waals surface area contributed by atoms with E-state index in [0.29, 0.717) is 12.1 Å². The molecule has 2 saturated heterocycles. The minimum absolute atomic E-state index is 0.0196. The van der Waals surface area contributed by atoms with Crippen LogP contribution in [-0.2, 0) is 14.6 Å². The van der Waals surface area contributed by atoms with Gasteiger partial charge in [-0.15, -0.1) is 0 Å². The summed E-state index contributed by atoms with van der Waals surface area (Å²) >= 11 is 1.48. The molecule has 28 heavy (non-hydrogen) atoms. The van der Waals surface area contributed by atoms with Crippen LogP contribution in [0, 0.1) is 0 Å². The van der Waals surface area contributed by atoms with Crippen LogP contribution in [0.1, 0.15) is 10.4 Å². The fourth-order valence-electron chi connectivity index (χ4n) is 3.61. The molecule has 1 amide bonds. The zero-order valence-corrected chi connectivity index (χ0v) is 17.2. The molecule has 3 heterocycles. The van der Waals surface area contributed by atoms with Gasteiger partial charge in [-0.25, -0.2) is 8.42 Å². The van der Waals surface area contributed by atoms with E-state index in [2.05, 4.69) is 15.6 Å². The van der Waals surface area contributed by atoms with Crippen molar-refractivity contribution in [1.82, 2.24) is 5.32 Å². The lowest BCUT2D eigenvalue weighted by Crippen LogP contribution is -3.14. The first-order valence-corrected chi connectivity index (χ1v) is 12.2. The van der Waals surface area contributed by atoms with Crippen LogP contribution in [0.4, 0.5) is 5.69 Å². The van der Waals surface area contributed by atoms with Gasteiger partial charge in [-0.1, -0.05) is 11.8 Å². The number of carbonyl (C=O) groups excluding carboxylic acids is 1. The Kier molecular flexibility index (Phi) is 5.91. The number of nitrogens with one attached hydrogen (secondary N) is 3. The van der Waals surface area contributed by atoms with E-state index in [1.54, 1.807) is 12.1 Å². The van der Waals surface area contributed by atoms with E-state index in [1.807, 2.05) is 12.1 Å². The van der Waals surface area contributed by atoms with E-state index in [9.17, 15) is 13.2 Å². The van der Waals surface area contributed by atoms with E-state index in [-0.39, 0.29) is 28.7 Å². The largest absolute Gasteiger partial charge is 0.370 e. The molecule has 0 radical (unpaired) electrons. The number of thioether (sulfide) groups is 1. The molecule has 8 nitrogen and oxygen atoms in total. The Hall–Kier alpha value is -1.62. The summed E-state index contributed by atoms with van der Waals surface area (Å²) in [5, 5.41) is 6.95. The first-order valence-electron chi connectivity index (χ1n) is 9.50. The third kappa shape index (κ3) is 4.86. The normalized spacial score (nSPS) is 26.5. The van der Waals surface area contributed by atoms with E-state index < -0.39 is 9.84 Å².